The van der Waals surface area contributed by atoms with Gasteiger partial charge in [-0.3, -0.25) is 9.69 Å². The maximum absolute atomic E-state index is 12.6. The van der Waals surface area contributed by atoms with E-state index in [9.17, 15) is 18.0 Å². The largest absolute Gasteiger partial charge is 0.493 e. The fourth-order valence-corrected chi connectivity index (χ4v) is 2.70. The summed E-state index contributed by atoms with van der Waals surface area (Å²) in [5.74, 6) is 0.944. The van der Waals surface area contributed by atoms with E-state index in [1.807, 2.05) is 30.0 Å². The van der Waals surface area contributed by atoms with Crippen molar-refractivity contribution >= 4 is 11.6 Å². The van der Waals surface area contributed by atoms with Crippen molar-refractivity contribution in [3.05, 3.63) is 53.6 Å². The molecule has 1 amide bonds. The minimum Gasteiger partial charge on any atom is -0.493 e. The van der Waals surface area contributed by atoms with Crippen LogP contribution in [0.1, 0.15) is 25.0 Å². The molecule has 0 bridgehead atoms. The van der Waals surface area contributed by atoms with Crippen LogP contribution in [0.25, 0.3) is 0 Å². The molecule has 1 atom stereocenters. The molecule has 0 aromatic heterocycles. The number of likely N-dealkylation sites (N-methyl/N-ethyl adjacent to an activating group) is 1. The highest BCUT2D eigenvalue weighted by Gasteiger charge is 2.30. The maximum Gasteiger partial charge on any atom is 0.416 e. The third kappa shape index (κ3) is 6.12. The van der Waals surface area contributed by atoms with E-state index in [0.29, 0.717) is 30.3 Å². The van der Waals surface area contributed by atoms with Gasteiger partial charge in [-0.2, -0.15) is 13.2 Å². The number of hydrogen-bond acceptors (Lipinski definition) is 4. The highest BCUT2D eigenvalue weighted by Crippen LogP contribution is 2.30. The van der Waals surface area contributed by atoms with E-state index < -0.39 is 17.8 Å². The van der Waals surface area contributed by atoms with Crippen molar-refractivity contribution in [3.8, 4) is 11.5 Å². The number of halogens is 3. The van der Waals surface area contributed by atoms with Gasteiger partial charge < -0.3 is 14.8 Å². The number of methoxy groups -OCH3 is 1. The predicted octanol–water partition coefficient (Wildman–Crippen LogP) is 4.57. The van der Waals surface area contributed by atoms with Gasteiger partial charge in [0, 0.05) is 12.2 Å². The van der Waals surface area contributed by atoms with Crippen molar-refractivity contribution in [2.45, 2.75) is 32.6 Å². The number of carbonyl (C=O) groups is 1. The fraction of sp³-hybridized carbons (Fsp3) is 0.381. The molecule has 0 aliphatic rings. The highest BCUT2D eigenvalue weighted by molar-refractivity contribution is 5.94. The number of carbonyl (C=O) groups excluding carboxylic acids is 1. The zero-order valence-electron chi connectivity index (χ0n) is 16.8. The standard InChI is InChI=1S/C21H25F3N2O3/c1-5-29-18-11-6-15(12-19(18)28-4)13-26(3)14(2)20(27)25-17-9-7-16(8-10-17)21(22,23)24/h6-12,14H,5,13H2,1-4H3,(H,25,27)/t14-/m0/s1. The van der Waals surface area contributed by atoms with Crippen molar-refractivity contribution in [1.82, 2.24) is 4.90 Å². The molecule has 0 unspecified atom stereocenters. The first-order valence-corrected chi connectivity index (χ1v) is 9.13. The molecule has 0 saturated carbocycles. The smallest absolute Gasteiger partial charge is 0.416 e. The van der Waals surface area contributed by atoms with E-state index in [2.05, 4.69) is 5.32 Å². The van der Waals surface area contributed by atoms with Gasteiger partial charge in [-0.1, -0.05) is 6.07 Å². The van der Waals surface area contributed by atoms with Gasteiger partial charge in [-0.25, -0.2) is 0 Å². The van der Waals surface area contributed by atoms with Gasteiger partial charge in [-0.05, 0) is 62.9 Å². The topological polar surface area (TPSA) is 50.8 Å². The van der Waals surface area contributed by atoms with Crippen molar-refractivity contribution in [2.75, 3.05) is 26.1 Å². The summed E-state index contributed by atoms with van der Waals surface area (Å²) in [6.45, 7) is 4.62. The summed E-state index contributed by atoms with van der Waals surface area (Å²) >= 11 is 0. The van der Waals surface area contributed by atoms with E-state index >= 15 is 0 Å². The normalized spacial score (nSPS) is 12.6. The van der Waals surface area contributed by atoms with E-state index in [0.717, 1.165) is 17.7 Å². The molecule has 0 fully saturated rings. The van der Waals surface area contributed by atoms with E-state index in [1.165, 1.54) is 12.1 Å². The highest BCUT2D eigenvalue weighted by atomic mass is 19.4. The average Bonchev–Trinajstić information content (AvgIpc) is 2.68. The second kappa shape index (κ2) is 9.65. The van der Waals surface area contributed by atoms with Gasteiger partial charge in [0.25, 0.3) is 0 Å². The van der Waals surface area contributed by atoms with Gasteiger partial charge in [0.2, 0.25) is 5.91 Å². The summed E-state index contributed by atoms with van der Waals surface area (Å²) in [6.07, 6.45) is -4.41. The number of anilines is 1. The second-order valence-corrected chi connectivity index (χ2v) is 6.57. The molecule has 0 saturated heterocycles. The summed E-state index contributed by atoms with van der Waals surface area (Å²) < 4.78 is 48.7. The van der Waals surface area contributed by atoms with Crippen LogP contribution in [0.15, 0.2) is 42.5 Å². The fourth-order valence-electron chi connectivity index (χ4n) is 2.70. The van der Waals surface area contributed by atoms with Crippen molar-refractivity contribution < 1.29 is 27.4 Å². The molecule has 2 aromatic carbocycles. The Morgan fingerprint density at radius 3 is 2.34 bits per heavy atom. The Morgan fingerprint density at radius 1 is 1.14 bits per heavy atom. The number of rotatable bonds is 8. The summed E-state index contributed by atoms with van der Waals surface area (Å²) in [5.41, 5.74) is 0.484. The first kappa shape index (κ1) is 22.5. The molecule has 8 heteroatoms. The lowest BCUT2D eigenvalue weighted by Gasteiger charge is -2.24. The molecule has 1 N–H and O–H groups in total. The quantitative estimate of drug-likeness (QED) is 0.693. The van der Waals surface area contributed by atoms with E-state index in [1.54, 1.807) is 21.1 Å². The molecule has 29 heavy (non-hydrogen) atoms. The molecule has 2 aromatic rings. The Balaban J connectivity index is 2.00. The summed E-state index contributed by atoms with van der Waals surface area (Å²) in [7, 11) is 3.35. The minimum absolute atomic E-state index is 0.311. The molecular weight excluding hydrogens is 385 g/mol. The molecular formula is C21H25F3N2O3. The molecule has 158 valence electrons. The minimum atomic E-state index is -4.41. The van der Waals surface area contributed by atoms with E-state index in [4.69, 9.17) is 9.47 Å². The summed E-state index contributed by atoms with van der Waals surface area (Å²) in [4.78, 5) is 14.3. The Bertz CT molecular complexity index is 823. The predicted molar refractivity (Wildman–Crippen MR) is 105 cm³/mol. The molecule has 0 aliphatic carbocycles. The second-order valence-electron chi connectivity index (χ2n) is 6.57. The number of benzene rings is 2. The third-order valence-electron chi connectivity index (χ3n) is 4.48. The lowest BCUT2D eigenvalue weighted by atomic mass is 10.1. The van der Waals surface area contributed by atoms with Crippen LogP contribution in [0.3, 0.4) is 0 Å². The zero-order valence-corrected chi connectivity index (χ0v) is 16.8. The molecule has 2 rings (SSSR count). The van der Waals surface area contributed by atoms with Crippen molar-refractivity contribution in [1.29, 1.82) is 0 Å². The Labute approximate surface area is 168 Å². The lowest BCUT2D eigenvalue weighted by Crippen LogP contribution is -2.39. The SMILES string of the molecule is CCOc1ccc(CN(C)[C@@H](C)C(=O)Nc2ccc(C(F)(F)F)cc2)cc1OC. The van der Waals surface area contributed by atoms with Crippen LogP contribution in [-0.4, -0.2) is 37.6 Å². The van der Waals surface area contributed by atoms with E-state index in [-0.39, 0.29) is 5.91 Å². The van der Waals surface area contributed by atoms with Crippen LogP contribution < -0.4 is 14.8 Å². The number of hydrogen-bond donors (Lipinski definition) is 1. The van der Waals surface area contributed by atoms with Crippen molar-refractivity contribution in [2.24, 2.45) is 0 Å². The Hall–Kier alpha value is -2.74. The number of amides is 1. The van der Waals surface area contributed by atoms with Crippen LogP contribution in [0.2, 0.25) is 0 Å². The number of ether oxygens (including phenoxy) is 2. The summed E-state index contributed by atoms with van der Waals surface area (Å²) in [5, 5.41) is 2.64. The summed E-state index contributed by atoms with van der Waals surface area (Å²) in [6, 6.07) is 9.42. The lowest BCUT2D eigenvalue weighted by molar-refractivity contribution is -0.137. The van der Waals surface area contributed by atoms with Gasteiger partial charge >= 0.3 is 6.18 Å². The molecule has 0 spiro atoms. The molecule has 0 aliphatic heterocycles. The van der Waals surface area contributed by atoms with Crippen LogP contribution >= 0.6 is 0 Å². The first-order chi connectivity index (χ1) is 13.7. The molecule has 5 nitrogen and oxygen atoms in total. The van der Waals surface area contributed by atoms with Gasteiger partial charge in [-0.15, -0.1) is 0 Å². The average molecular weight is 410 g/mol. The Kier molecular flexibility index (Phi) is 7.50. The maximum atomic E-state index is 12.6. The van der Waals surface area contributed by atoms with Gasteiger partial charge in [0.05, 0.1) is 25.3 Å². The van der Waals surface area contributed by atoms with Crippen molar-refractivity contribution in [3.63, 3.8) is 0 Å². The number of nitrogens with zero attached hydrogens (tertiary/aromatic N) is 1. The first-order valence-electron chi connectivity index (χ1n) is 9.13. The number of alkyl halides is 3. The Morgan fingerprint density at radius 2 is 1.79 bits per heavy atom. The number of nitrogens with one attached hydrogen (secondary N) is 1. The van der Waals surface area contributed by atoms with Crippen LogP contribution in [0, 0.1) is 0 Å². The van der Waals surface area contributed by atoms with Gasteiger partial charge in [0.15, 0.2) is 11.5 Å². The van der Waals surface area contributed by atoms with Gasteiger partial charge in [0.1, 0.15) is 0 Å². The molecule has 0 heterocycles. The van der Waals surface area contributed by atoms with Crippen LogP contribution in [0.5, 0.6) is 11.5 Å². The van der Waals surface area contributed by atoms with Crippen LogP contribution in [0.4, 0.5) is 18.9 Å². The molecule has 0 radical (unpaired) electrons. The third-order valence-corrected chi connectivity index (χ3v) is 4.48. The monoisotopic (exact) mass is 410 g/mol. The zero-order chi connectivity index (χ0) is 21.6. The van der Waals surface area contributed by atoms with Crippen LogP contribution in [-0.2, 0) is 17.5 Å².